The molecule has 0 amide bonds. The van der Waals surface area contributed by atoms with Crippen LogP contribution in [0.3, 0.4) is 0 Å². The fourth-order valence-corrected chi connectivity index (χ4v) is 3.54. The fourth-order valence-electron chi connectivity index (χ4n) is 1.15. The van der Waals surface area contributed by atoms with Crippen LogP contribution in [0.25, 0.3) is 0 Å². The maximum absolute atomic E-state index is 12.0. The zero-order valence-corrected chi connectivity index (χ0v) is 11.6. The van der Waals surface area contributed by atoms with E-state index < -0.39 is 15.1 Å². The van der Waals surface area contributed by atoms with Crippen molar-refractivity contribution in [1.29, 1.82) is 5.26 Å². The summed E-state index contributed by atoms with van der Waals surface area (Å²) in [6.45, 7) is 1.52. The molecule has 0 spiro atoms. The van der Waals surface area contributed by atoms with E-state index in [1.807, 2.05) is 6.07 Å². The van der Waals surface area contributed by atoms with Crippen LogP contribution in [0.1, 0.15) is 12.5 Å². The summed E-state index contributed by atoms with van der Waals surface area (Å²) in [6.07, 6.45) is 0. The van der Waals surface area contributed by atoms with E-state index >= 15 is 0 Å². The van der Waals surface area contributed by atoms with E-state index in [9.17, 15) is 8.42 Å². The van der Waals surface area contributed by atoms with Gasteiger partial charge in [0, 0.05) is 10.4 Å². The molecule has 0 aromatic heterocycles. The molecule has 0 N–H and O–H groups in total. The Hall–Kier alpha value is -0.570. The maximum atomic E-state index is 12.0. The summed E-state index contributed by atoms with van der Waals surface area (Å²) in [7, 11) is -3.54. The van der Waals surface area contributed by atoms with Gasteiger partial charge in [0.1, 0.15) is 6.07 Å². The van der Waals surface area contributed by atoms with E-state index in [1.54, 1.807) is 12.1 Å². The Morgan fingerprint density at radius 2 is 2.19 bits per heavy atom. The van der Waals surface area contributed by atoms with Crippen LogP contribution in [0.5, 0.6) is 0 Å². The number of alkyl halides is 1. The maximum Gasteiger partial charge on any atom is 0.183 e. The van der Waals surface area contributed by atoms with Crippen molar-refractivity contribution in [2.24, 2.45) is 0 Å². The summed E-state index contributed by atoms with van der Waals surface area (Å²) >= 11 is 8.70. The third-order valence-electron chi connectivity index (χ3n) is 2.14. The van der Waals surface area contributed by atoms with Crippen LogP contribution in [-0.2, 0) is 9.84 Å². The molecule has 1 aromatic rings. The predicted octanol–water partition coefficient (Wildman–Crippen LogP) is 2.72. The number of benzene rings is 1. The topological polar surface area (TPSA) is 57.9 Å². The van der Waals surface area contributed by atoms with Crippen molar-refractivity contribution < 1.29 is 8.42 Å². The largest absolute Gasteiger partial charge is 0.223 e. The van der Waals surface area contributed by atoms with E-state index in [0.29, 0.717) is 4.47 Å². The number of sulfone groups is 1. The van der Waals surface area contributed by atoms with Crippen LogP contribution in [0.4, 0.5) is 0 Å². The van der Waals surface area contributed by atoms with Gasteiger partial charge in [-0.05, 0) is 35.0 Å². The standard InChI is InChI=1S/C10H9BrClNO2S/c1-7(5-12)16(14,15)10-4-2-3-9(11)8(10)6-13/h2-4,7H,5H2,1H3. The molecule has 1 unspecified atom stereocenters. The third kappa shape index (κ3) is 2.40. The summed E-state index contributed by atoms with van der Waals surface area (Å²) in [5, 5.41) is 8.23. The highest BCUT2D eigenvalue weighted by Crippen LogP contribution is 2.26. The Bertz CT molecular complexity index is 536. The van der Waals surface area contributed by atoms with Gasteiger partial charge in [0.2, 0.25) is 0 Å². The van der Waals surface area contributed by atoms with Gasteiger partial charge in [-0.15, -0.1) is 11.6 Å². The van der Waals surface area contributed by atoms with Crippen LogP contribution < -0.4 is 0 Å². The number of halogens is 2. The molecule has 16 heavy (non-hydrogen) atoms. The number of hydrogen-bond acceptors (Lipinski definition) is 3. The molecule has 1 rings (SSSR count). The minimum absolute atomic E-state index is 0.000283. The number of rotatable bonds is 3. The quantitative estimate of drug-likeness (QED) is 0.804. The summed E-state index contributed by atoms with van der Waals surface area (Å²) in [5.41, 5.74) is 0.125. The Morgan fingerprint density at radius 3 is 2.69 bits per heavy atom. The SMILES string of the molecule is CC(CCl)S(=O)(=O)c1cccc(Br)c1C#N. The minimum Gasteiger partial charge on any atom is -0.223 e. The summed E-state index contributed by atoms with van der Waals surface area (Å²) < 4.78 is 24.5. The lowest BCUT2D eigenvalue weighted by Crippen LogP contribution is -2.20. The summed E-state index contributed by atoms with van der Waals surface area (Å²) in [5.74, 6) is -0.000283. The van der Waals surface area contributed by atoms with Gasteiger partial charge in [0.15, 0.2) is 9.84 Å². The number of hydrogen-bond donors (Lipinski definition) is 0. The highest BCUT2D eigenvalue weighted by molar-refractivity contribution is 9.10. The Morgan fingerprint density at radius 1 is 1.56 bits per heavy atom. The van der Waals surface area contributed by atoms with E-state index in [2.05, 4.69) is 15.9 Å². The lowest BCUT2D eigenvalue weighted by atomic mass is 10.2. The van der Waals surface area contributed by atoms with Gasteiger partial charge < -0.3 is 0 Å². The molecule has 1 atom stereocenters. The summed E-state index contributed by atoms with van der Waals surface area (Å²) in [6, 6.07) is 6.51. The smallest absolute Gasteiger partial charge is 0.183 e. The Balaban J connectivity index is 3.47. The monoisotopic (exact) mass is 321 g/mol. The molecular weight excluding hydrogens is 314 g/mol. The number of nitriles is 1. The molecule has 0 aliphatic carbocycles. The van der Waals surface area contributed by atoms with E-state index in [0.717, 1.165) is 0 Å². The van der Waals surface area contributed by atoms with E-state index in [4.69, 9.17) is 16.9 Å². The molecule has 1 aromatic carbocycles. The third-order valence-corrected chi connectivity index (χ3v) is 5.63. The van der Waals surface area contributed by atoms with Gasteiger partial charge in [0.05, 0.1) is 15.7 Å². The molecule has 0 bridgehead atoms. The van der Waals surface area contributed by atoms with E-state index in [-0.39, 0.29) is 16.3 Å². The fraction of sp³-hybridized carbons (Fsp3) is 0.300. The lowest BCUT2D eigenvalue weighted by molar-refractivity contribution is 0.587. The molecule has 0 heterocycles. The van der Waals surface area contributed by atoms with Gasteiger partial charge in [-0.1, -0.05) is 6.07 Å². The van der Waals surface area contributed by atoms with Crippen LogP contribution in [0, 0.1) is 11.3 Å². The van der Waals surface area contributed by atoms with Crippen molar-refractivity contribution in [3.05, 3.63) is 28.2 Å². The molecule has 0 saturated carbocycles. The first-order chi connectivity index (χ1) is 7.45. The van der Waals surface area contributed by atoms with Crippen LogP contribution in [-0.4, -0.2) is 19.5 Å². The zero-order chi connectivity index (χ0) is 12.3. The van der Waals surface area contributed by atoms with Gasteiger partial charge in [-0.3, -0.25) is 0 Å². The van der Waals surface area contributed by atoms with Crippen molar-refractivity contribution in [2.75, 3.05) is 5.88 Å². The number of nitrogens with zero attached hydrogens (tertiary/aromatic N) is 1. The van der Waals surface area contributed by atoms with Gasteiger partial charge in [-0.25, -0.2) is 8.42 Å². The van der Waals surface area contributed by atoms with Crippen LogP contribution >= 0.6 is 27.5 Å². The average Bonchev–Trinajstić information content (AvgIpc) is 2.27. The second-order valence-corrected chi connectivity index (χ2v) is 6.73. The molecular formula is C10H9BrClNO2S. The Kier molecular flexibility index (Phi) is 4.36. The van der Waals surface area contributed by atoms with E-state index in [1.165, 1.54) is 13.0 Å². The minimum atomic E-state index is -3.54. The van der Waals surface area contributed by atoms with Crippen molar-refractivity contribution in [3.63, 3.8) is 0 Å². The first-order valence-electron chi connectivity index (χ1n) is 4.43. The van der Waals surface area contributed by atoms with Gasteiger partial charge >= 0.3 is 0 Å². The van der Waals surface area contributed by atoms with Crippen molar-refractivity contribution in [1.82, 2.24) is 0 Å². The zero-order valence-electron chi connectivity index (χ0n) is 8.44. The van der Waals surface area contributed by atoms with Crippen molar-refractivity contribution in [3.8, 4) is 6.07 Å². The normalized spacial score (nSPS) is 13.1. The van der Waals surface area contributed by atoms with Crippen LogP contribution in [0.2, 0.25) is 0 Å². The molecule has 0 fully saturated rings. The van der Waals surface area contributed by atoms with Gasteiger partial charge in [0.25, 0.3) is 0 Å². The lowest BCUT2D eigenvalue weighted by Gasteiger charge is -2.11. The molecule has 0 aliphatic heterocycles. The molecule has 86 valence electrons. The molecule has 6 heteroatoms. The highest BCUT2D eigenvalue weighted by atomic mass is 79.9. The second-order valence-electron chi connectivity index (χ2n) is 3.23. The second kappa shape index (κ2) is 5.17. The predicted molar refractivity (Wildman–Crippen MR) is 66.2 cm³/mol. The molecule has 0 aliphatic rings. The highest BCUT2D eigenvalue weighted by Gasteiger charge is 2.26. The van der Waals surface area contributed by atoms with Crippen molar-refractivity contribution >= 4 is 37.4 Å². The molecule has 0 radical (unpaired) electrons. The molecule has 0 saturated heterocycles. The van der Waals surface area contributed by atoms with Crippen LogP contribution in [0.15, 0.2) is 27.6 Å². The van der Waals surface area contributed by atoms with Gasteiger partial charge in [-0.2, -0.15) is 5.26 Å². The average molecular weight is 323 g/mol. The molecule has 3 nitrogen and oxygen atoms in total. The first-order valence-corrected chi connectivity index (χ1v) is 7.31. The van der Waals surface area contributed by atoms with Crippen molar-refractivity contribution in [2.45, 2.75) is 17.1 Å². The first kappa shape index (κ1) is 13.5. The summed E-state index contributed by atoms with van der Waals surface area (Å²) in [4.78, 5) is 0.0255. The Labute approximate surface area is 108 Å².